The molecule has 8 heteroatoms. The van der Waals surface area contributed by atoms with E-state index in [2.05, 4.69) is 44.4 Å². The number of nitrogens with one attached hydrogen (secondary N) is 1. The zero-order valence-corrected chi connectivity index (χ0v) is 16.8. The standard InChI is InChI=1S/C22H17N5O2S/c1-28-15-9-4-3-8-14(15)20-18-19(23-22-24-25-26-27(20)22)13-7-2-5-10-16(13)29-21(18)17-11-6-12-30-17/h2-12,20-21H,1H3,(H,23,24,26)/t20-,21+/m1/s1. The number of rotatable bonds is 3. The molecule has 1 N–H and O–H groups in total. The Morgan fingerprint density at radius 3 is 2.80 bits per heavy atom. The van der Waals surface area contributed by atoms with Gasteiger partial charge in [-0.15, -0.1) is 11.3 Å². The highest BCUT2D eigenvalue weighted by molar-refractivity contribution is 7.10. The second-order valence-electron chi connectivity index (χ2n) is 7.06. The van der Waals surface area contributed by atoms with Crippen molar-refractivity contribution >= 4 is 23.0 Å². The van der Waals surface area contributed by atoms with Crippen LogP contribution in [0.25, 0.3) is 5.70 Å². The molecule has 2 aromatic heterocycles. The van der Waals surface area contributed by atoms with E-state index in [1.54, 1.807) is 23.1 Å². The molecule has 30 heavy (non-hydrogen) atoms. The number of aromatic nitrogens is 4. The van der Waals surface area contributed by atoms with Crippen LogP contribution in [0.5, 0.6) is 11.5 Å². The fourth-order valence-electron chi connectivity index (χ4n) is 4.21. The first-order chi connectivity index (χ1) is 14.8. The predicted octanol–water partition coefficient (Wildman–Crippen LogP) is 4.30. The lowest BCUT2D eigenvalue weighted by molar-refractivity contribution is 0.225. The molecule has 148 valence electrons. The van der Waals surface area contributed by atoms with E-state index in [0.29, 0.717) is 5.95 Å². The highest BCUT2D eigenvalue weighted by atomic mass is 32.1. The molecule has 0 amide bonds. The van der Waals surface area contributed by atoms with Crippen LogP contribution in [0.3, 0.4) is 0 Å². The molecular weight excluding hydrogens is 398 g/mol. The molecule has 6 rings (SSSR count). The number of hydrogen-bond donors (Lipinski definition) is 1. The van der Waals surface area contributed by atoms with Crippen molar-refractivity contribution in [3.05, 3.63) is 87.6 Å². The zero-order valence-electron chi connectivity index (χ0n) is 16.0. The summed E-state index contributed by atoms with van der Waals surface area (Å²) in [4.78, 5) is 1.12. The van der Waals surface area contributed by atoms with Crippen molar-refractivity contribution in [1.82, 2.24) is 20.2 Å². The van der Waals surface area contributed by atoms with E-state index in [4.69, 9.17) is 9.47 Å². The Kier molecular flexibility index (Phi) is 3.85. The van der Waals surface area contributed by atoms with Crippen LogP contribution >= 0.6 is 11.3 Å². The van der Waals surface area contributed by atoms with E-state index in [-0.39, 0.29) is 12.1 Å². The minimum absolute atomic E-state index is 0.269. The van der Waals surface area contributed by atoms with Crippen molar-refractivity contribution < 1.29 is 9.47 Å². The Morgan fingerprint density at radius 2 is 1.93 bits per heavy atom. The molecule has 2 aliphatic heterocycles. The SMILES string of the molecule is COc1ccccc1[C@@H]1C2=C(Nc3nnnn31)c1ccccc1O[C@H]2c1cccs1. The predicted molar refractivity (Wildman–Crippen MR) is 114 cm³/mol. The van der Waals surface area contributed by atoms with Gasteiger partial charge in [-0.3, -0.25) is 0 Å². The number of methoxy groups -OCH3 is 1. The molecule has 7 nitrogen and oxygen atoms in total. The highest BCUT2D eigenvalue weighted by Gasteiger charge is 2.42. The van der Waals surface area contributed by atoms with Crippen molar-refractivity contribution in [2.75, 3.05) is 12.4 Å². The number of para-hydroxylation sites is 2. The van der Waals surface area contributed by atoms with E-state index in [1.165, 1.54) is 0 Å². The number of benzene rings is 2. The lowest BCUT2D eigenvalue weighted by atomic mass is 9.86. The number of ether oxygens (including phenoxy) is 2. The summed E-state index contributed by atoms with van der Waals surface area (Å²) in [5.74, 6) is 2.20. The van der Waals surface area contributed by atoms with Gasteiger partial charge >= 0.3 is 0 Å². The highest BCUT2D eigenvalue weighted by Crippen LogP contribution is 2.52. The van der Waals surface area contributed by atoms with Gasteiger partial charge in [0.1, 0.15) is 17.5 Å². The van der Waals surface area contributed by atoms with Crippen LogP contribution in [0.4, 0.5) is 5.95 Å². The van der Waals surface area contributed by atoms with Gasteiger partial charge in [-0.05, 0) is 40.1 Å². The monoisotopic (exact) mass is 415 g/mol. The van der Waals surface area contributed by atoms with E-state index < -0.39 is 0 Å². The van der Waals surface area contributed by atoms with Gasteiger partial charge < -0.3 is 14.8 Å². The Morgan fingerprint density at radius 1 is 1.07 bits per heavy atom. The number of tetrazole rings is 1. The van der Waals surface area contributed by atoms with Crippen LogP contribution in [0.1, 0.15) is 28.1 Å². The van der Waals surface area contributed by atoms with Gasteiger partial charge in [-0.2, -0.15) is 4.68 Å². The van der Waals surface area contributed by atoms with Crippen molar-refractivity contribution in [2.24, 2.45) is 0 Å². The van der Waals surface area contributed by atoms with Gasteiger partial charge in [0, 0.05) is 21.6 Å². The average Bonchev–Trinajstić information content (AvgIpc) is 3.49. The second kappa shape index (κ2) is 6.70. The topological polar surface area (TPSA) is 74.1 Å². The van der Waals surface area contributed by atoms with Crippen molar-refractivity contribution in [2.45, 2.75) is 12.1 Å². The molecule has 2 aliphatic rings. The number of anilines is 1. The largest absolute Gasteiger partial charge is 0.496 e. The molecule has 2 aromatic carbocycles. The third kappa shape index (κ3) is 2.47. The third-order valence-corrected chi connectivity index (χ3v) is 6.39. The van der Waals surface area contributed by atoms with Gasteiger partial charge in [0.2, 0.25) is 5.95 Å². The summed E-state index contributed by atoms with van der Waals surface area (Å²) in [7, 11) is 1.68. The number of fused-ring (bicyclic) bond motifs is 3. The fourth-order valence-corrected chi connectivity index (χ4v) is 4.98. The van der Waals surface area contributed by atoms with Crippen molar-refractivity contribution in [3.63, 3.8) is 0 Å². The first-order valence-corrected chi connectivity index (χ1v) is 10.4. The van der Waals surface area contributed by atoms with Gasteiger partial charge in [0.15, 0.2) is 6.10 Å². The minimum Gasteiger partial charge on any atom is -0.496 e. The van der Waals surface area contributed by atoms with Gasteiger partial charge in [-0.1, -0.05) is 41.5 Å². The Hall–Kier alpha value is -3.65. The number of nitrogens with zero attached hydrogens (tertiary/aromatic N) is 4. The van der Waals surface area contributed by atoms with E-state index in [9.17, 15) is 0 Å². The first kappa shape index (κ1) is 17.2. The maximum Gasteiger partial charge on any atom is 0.248 e. The molecular formula is C22H17N5O2S. The molecule has 2 atom stereocenters. The van der Waals surface area contributed by atoms with Crippen LogP contribution < -0.4 is 14.8 Å². The van der Waals surface area contributed by atoms with Crippen molar-refractivity contribution in [1.29, 1.82) is 0 Å². The van der Waals surface area contributed by atoms with Crippen LogP contribution in [0.15, 0.2) is 71.6 Å². The molecule has 0 saturated carbocycles. The fraction of sp³-hybridized carbons (Fsp3) is 0.136. The molecule has 0 radical (unpaired) electrons. The minimum atomic E-state index is -0.275. The summed E-state index contributed by atoms with van der Waals surface area (Å²) >= 11 is 1.67. The summed E-state index contributed by atoms with van der Waals surface area (Å²) in [6.07, 6.45) is -0.269. The smallest absolute Gasteiger partial charge is 0.248 e. The maximum absolute atomic E-state index is 6.55. The lowest BCUT2D eigenvalue weighted by Crippen LogP contribution is -2.32. The van der Waals surface area contributed by atoms with E-state index in [1.807, 2.05) is 42.5 Å². The molecule has 0 bridgehead atoms. The Labute approximate surface area is 176 Å². The quantitative estimate of drug-likeness (QED) is 0.538. The van der Waals surface area contributed by atoms with Gasteiger partial charge in [-0.25, -0.2) is 0 Å². The number of thiophene rings is 1. The third-order valence-electron chi connectivity index (χ3n) is 5.48. The van der Waals surface area contributed by atoms with Crippen LogP contribution in [-0.4, -0.2) is 27.3 Å². The van der Waals surface area contributed by atoms with Crippen LogP contribution in [0.2, 0.25) is 0 Å². The molecule has 4 heterocycles. The molecule has 0 aliphatic carbocycles. The Balaban J connectivity index is 1.66. The van der Waals surface area contributed by atoms with Crippen LogP contribution in [-0.2, 0) is 0 Å². The molecule has 0 fully saturated rings. The van der Waals surface area contributed by atoms with E-state index in [0.717, 1.165) is 38.8 Å². The Bertz CT molecular complexity index is 1260. The summed E-state index contributed by atoms with van der Waals surface area (Å²) in [5, 5.41) is 18.0. The van der Waals surface area contributed by atoms with Crippen molar-refractivity contribution in [3.8, 4) is 11.5 Å². The molecule has 0 saturated heterocycles. The summed E-state index contributed by atoms with van der Waals surface area (Å²) in [6.45, 7) is 0. The second-order valence-corrected chi connectivity index (χ2v) is 8.04. The lowest BCUT2D eigenvalue weighted by Gasteiger charge is -2.38. The molecule has 0 unspecified atom stereocenters. The summed E-state index contributed by atoms with van der Waals surface area (Å²) < 4.78 is 14.1. The zero-order chi connectivity index (χ0) is 20.1. The first-order valence-electron chi connectivity index (χ1n) is 9.56. The van der Waals surface area contributed by atoms with E-state index >= 15 is 0 Å². The summed E-state index contributed by atoms with van der Waals surface area (Å²) in [6, 6.07) is 19.9. The summed E-state index contributed by atoms with van der Waals surface area (Å²) in [5.41, 5.74) is 4.01. The normalized spacial score (nSPS) is 19.2. The molecule has 4 aromatic rings. The maximum atomic E-state index is 6.55. The number of hydrogen-bond acceptors (Lipinski definition) is 7. The van der Waals surface area contributed by atoms with Gasteiger partial charge in [0.25, 0.3) is 0 Å². The molecule has 0 spiro atoms. The van der Waals surface area contributed by atoms with Crippen LogP contribution in [0, 0.1) is 0 Å². The van der Waals surface area contributed by atoms with Gasteiger partial charge in [0.05, 0.1) is 12.8 Å². The average molecular weight is 415 g/mol.